The monoisotopic (exact) mass is 266 g/mol. The van der Waals surface area contributed by atoms with Crippen molar-refractivity contribution < 1.29 is 14.8 Å². The number of hydrogen-bond acceptors (Lipinski definition) is 5. The average molecular weight is 266 g/mol. The zero-order chi connectivity index (χ0) is 14.0. The number of nitro groups is 1. The molecule has 0 aliphatic carbocycles. The number of piperidine rings is 1. The van der Waals surface area contributed by atoms with E-state index in [-0.39, 0.29) is 10.6 Å². The number of benzene rings is 1. The normalized spacial score (nSPS) is 18.2. The van der Waals surface area contributed by atoms with Crippen molar-refractivity contribution in [3.8, 4) is 5.75 Å². The Morgan fingerprint density at radius 1 is 1.42 bits per heavy atom. The van der Waals surface area contributed by atoms with E-state index in [4.69, 9.17) is 4.74 Å². The molecule has 19 heavy (non-hydrogen) atoms. The first-order valence-corrected chi connectivity index (χ1v) is 6.23. The molecule has 0 spiro atoms. The van der Waals surface area contributed by atoms with E-state index in [1.807, 2.05) is 4.90 Å². The fourth-order valence-corrected chi connectivity index (χ4v) is 2.27. The molecule has 2 rings (SSSR count). The van der Waals surface area contributed by atoms with Gasteiger partial charge in [-0.2, -0.15) is 0 Å². The van der Waals surface area contributed by atoms with Gasteiger partial charge in [-0.25, -0.2) is 0 Å². The molecule has 0 amide bonds. The molecule has 0 aromatic heterocycles. The lowest BCUT2D eigenvalue weighted by molar-refractivity contribution is -0.384. The van der Waals surface area contributed by atoms with E-state index >= 15 is 0 Å². The SMILES string of the molecule is COc1ccc([N+](=O)[O-])c(N2CCC(C)(O)CC2)c1. The van der Waals surface area contributed by atoms with Crippen molar-refractivity contribution in [3.63, 3.8) is 0 Å². The van der Waals surface area contributed by atoms with E-state index in [2.05, 4.69) is 0 Å². The Kier molecular flexibility index (Phi) is 3.61. The Labute approximate surface area is 111 Å². The van der Waals surface area contributed by atoms with E-state index in [1.54, 1.807) is 19.1 Å². The van der Waals surface area contributed by atoms with E-state index < -0.39 is 5.60 Å². The highest BCUT2D eigenvalue weighted by molar-refractivity contribution is 5.66. The molecule has 1 aromatic rings. The van der Waals surface area contributed by atoms with Crippen LogP contribution in [-0.4, -0.2) is 35.8 Å². The summed E-state index contributed by atoms with van der Waals surface area (Å²) in [5.74, 6) is 0.595. The summed E-state index contributed by atoms with van der Waals surface area (Å²) in [6.07, 6.45) is 1.20. The number of anilines is 1. The number of methoxy groups -OCH3 is 1. The largest absolute Gasteiger partial charge is 0.497 e. The van der Waals surface area contributed by atoms with Crippen LogP contribution in [0.25, 0.3) is 0 Å². The zero-order valence-corrected chi connectivity index (χ0v) is 11.1. The van der Waals surface area contributed by atoms with Crippen LogP contribution in [0.2, 0.25) is 0 Å². The minimum atomic E-state index is -0.676. The fraction of sp³-hybridized carbons (Fsp3) is 0.538. The highest BCUT2D eigenvalue weighted by atomic mass is 16.6. The van der Waals surface area contributed by atoms with E-state index in [9.17, 15) is 15.2 Å². The van der Waals surface area contributed by atoms with Crippen molar-refractivity contribution >= 4 is 11.4 Å². The second-order valence-corrected chi connectivity index (χ2v) is 5.10. The Bertz CT molecular complexity index is 478. The summed E-state index contributed by atoms with van der Waals surface area (Å²) in [5, 5.41) is 21.0. The van der Waals surface area contributed by atoms with Gasteiger partial charge in [0.1, 0.15) is 11.4 Å². The molecule has 104 valence electrons. The van der Waals surface area contributed by atoms with E-state index in [0.29, 0.717) is 37.4 Å². The van der Waals surface area contributed by atoms with Gasteiger partial charge < -0.3 is 14.7 Å². The van der Waals surface area contributed by atoms with Gasteiger partial charge >= 0.3 is 0 Å². The smallest absolute Gasteiger partial charge is 0.292 e. The van der Waals surface area contributed by atoms with Gasteiger partial charge in [-0.15, -0.1) is 0 Å². The lowest BCUT2D eigenvalue weighted by Gasteiger charge is -2.36. The Morgan fingerprint density at radius 3 is 2.58 bits per heavy atom. The zero-order valence-electron chi connectivity index (χ0n) is 11.1. The van der Waals surface area contributed by atoms with Crippen LogP contribution in [0.15, 0.2) is 18.2 Å². The fourth-order valence-electron chi connectivity index (χ4n) is 2.27. The lowest BCUT2D eigenvalue weighted by atomic mass is 9.93. The average Bonchev–Trinajstić information content (AvgIpc) is 2.38. The van der Waals surface area contributed by atoms with Gasteiger partial charge in [0.25, 0.3) is 5.69 Å². The molecule has 1 aliphatic heterocycles. The van der Waals surface area contributed by atoms with Gasteiger partial charge in [0.05, 0.1) is 17.6 Å². The summed E-state index contributed by atoms with van der Waals surface area (Å²) in [6.45, 7) is 2.99. The van der Waals surface area contributed by atoms with Gasteiger partial charge in [0.15, 0.2) is 0 Å². The van der Waals surface area contributed by atoms with E-state index in [1.165, 1.54) is 13.2 Å². The molecule has 1 aromatic carbocycles. The van der Waals surface area contributed by atoms with Crippen molar-refractivity contribution in [2.24, 2.45) is 0 Å². The van der Waals surface area contributed by atoms with Gasteiger partial charge in [0, 0.05) is 25.2 Å². The number of ether oxygens (including phenoxy) is 1. The maximum absolute atomic E-state index is 11.1. The molecule has 0 saturated carbocycles. The summed E-state index contributed by atoms with van der Waals surface area (Å²) >= 11 is 0. The number of aliphatic hydroxyl groups is 1. The number of rotatable bonds is 3. The highest BCUT2D eigenvalue weighted by Gasteiger charge is 2.30. The van der Waals surface area contributed by atoms with Crippen LogP contribution in [0.1, 0.15) is 19.8 Å². The van der Waals surface area contributed by atoms with Crippen LogP contribution in [0.3, 0.4) is 0 Å². The second-order valence-electron chi connectivity index (χ2n) is 5.10. The molecule has 1 heterocycles. The van der Waals surface area contributed by atoms with E-state index in [0.717, 1.165) is 0 Å². The molecule has 0 unspecified atom stereocenters. The molecule has 1 aliphatic rings. The van der Waals surface area contributed by atoms with Gasteiger partial charge in [-0.05, 0) is 25.8 Å². The van der Waals surface area contributed by atoms with Crippen molar-refractivity contribution in [1.29, 1.82) is 0 Å². The maximum atomic E-state index is 11.1. The second kappa shape index (κ2) is 5.05. The molecule has 0 atom stereocenters. The van der Waals surface area contributed by atoms with Crippen LogP contribution in [0.5, 0.6) is 5.75 Å². The summed E-state index contributed by atoms with van der Waals surface area (Å²) in [7, 11) is 1.53. The summed E-state index contributed by atoms with van der Waals surface area (Å²) in [4.78, 5) is 12.6. The highest BCUT2D eigenvalue weighted by Crippen LogP contribution is 2.35. The molecule has 6 nitrogen and oxygen atoms in total. The van der Waals surface area contributed by atoms with Gasteiger partial charge in [0.2, 0.25) is 0 Å². The molecule has 0 radical (unpaired) electrons. The topological polar surface area (TPSA) is 75.8 Å². The third-order valence-corrected chi connectivity index (χ3v) is 3.56. The molecule has 1 N–H and O–H groups in total. The van der Waals surface area contributed by atoms with Crippen molar-refractivity contribution in [3.05, 3.63) is 28.3 Å². The first-order valence-electron chi connectivity index (χ1n) is 6.23. The molecule has 1 fully saturated rings. The van der Waals surface area contributed by atoms with Crippen LogP contribution in [0.4, 0.5) is 11.4 Å². The first-order chi connectivity index (χ1) is 8.93. The Morgan fingerprint density at radius 2 is 2.05 bits per heavy atom. The Hall–Kier alpha value is -1.82. The first kappa shape index (κ1) is 13.6. The molecule has 0 bridgehead atoms. The minimum absolute atomic E-state index is 0.0716. The minimum Gasteiger partial charge on any atom is -0.497 e. The van der Waals surface area contributed by atoms with Crippen LogP contribution < -0.4 is 9.64 Å². The van der Waals surface area contributed by atoms with Crippen LogP contribution >= 0.6 is 0 Å². The predicted molar refractivity (Wildman–Crippen MR) is 71.7 cm³/mol. The van der Waals surface area contributed by atoms with Crippen molar-refractivity contribution in [2.45, 2.75) is 25.4 Å². The van der Waals surface area contributed by atoms with Gasteiger partial charge in [-0.1, -0.05) is 0 Å². The molecule has 6 heteroatoms. The molecular formula is C13H18N2O4. The maximum Gasteiger partial charge on any atom is 0.292 e. The van der Waals surface area contributed by atoms with Crippen molar-refractivity contribution in [2.75, 3.05) is 25.1 Å². The number of hydrogen-bond donors (Lipinski definition) is 1. The van der Waals surface area contributed by atoms with Crippen molar-refractivity contribution in [1.82, 2.24) is 0 Å². The van der Waals surface area contributed by atoms with Gasteiger partial charge in [-0.3, -0.25) is 10.1 Å². The van der Waals surface area contributed by atoms with Crippen LogP contribution in [-0.2, 0) is 0 Å². The predicted octanol–water partition coefficient (Wildman–Crippen LogP) is 1.95. The molecule has 1 saturated heterocycles. The quantitative estimate of drug-likeness (QED) is 0.668. The number of nitrogens with zero attached hydrogens (tertiary/aromatic N) is 2. The third-order valence-electron chi connectivity index (χ3n) is 3.56. The third kappa shape index (κ3) is 2.96. The molecular weight excluding hydrogens is 248 g/mol. The number of nitro benzene ring substituents is 1. The standard InChI is InChI=1S/C13H18N2O4/c1-13(16)5-7-14(8-6-13)12-9-10(19-2)3-4-11(12)15(17)18/h3-4,9,16H,5-8H2,1-2H3. The lowest BCUT2D eigenvalue weighted by Crippen LogP contribution is -2.42. The van der Waals surface area contributed by atoms with Crippen LogP contribution in [0, 0.1) is 10.1 Å². The summed E-state index contributed by atoms with van der Waals surface area (Å²) in [5.41, 5.74) is -0.0494. The summed E-state index contributed by atoms with van der Waals surface area (Å²) in [6, 6.07) is 4.72. The Balaban J connectivity index is 2.30. The summed E-state index contributed by atoms with van der Waals surface area (Å²) < 4.78 is 5.12.